The van der Waals surface area contributed by atoms with Crippen LogP contribution in [0.2, 0.25) is 0 Å². The van der Waals surface area contributed by atoms with Gasteiger partial charge in [0.15, 0.2) is 0 Å². The van der Waals surface area contributed by atoms with E-state index >= 15 is 0 Å². The molecule has 0 aromatic heterocycles. The van der Waals surface area contributed by atoms with Gasteiger partial charge in [0.1, 0.15) is 0 Å². The van der Waals surface area contributed by atoms with Crippen molar-refractivity contribution < 1.29 is 9.59 Å². The molecule has 0 spiro atoms. The number of amides is 2. The minimum Gasteiger partial charge on any atom is -0.355 e. The second-order valence-electron chi connectivity index (χ2n) is 6.40. The zero-order valence-electron chi connectivity index (χ0n) is 12.5. The number of carbonyl (C=O) groups excluding carboxylic acids is 2. The summed E-state index contributed by atoms with van der Waals surface area (Å²) in [7, 11) is 0. The third-order valence-corrected chi connectivity index (χ3v) is 3.49. The monoisotopic (exact) mass is 269 g/mol. The van der Waals surface area contributed by atoms with Crippen molar-refractivity contribution in [3.63, 3.8) is 0 Å². The highest BCUT2D eigenvalue weighted by Crippen LogP contribution is 2.12. The molecule has 1 saturated heterocycles. The van der Waals surface area contributed by atoms with Gasteiger partial charge >= 0.3 is 0 Å². The minimum atomic E-state index is -0.404. The molecule has 0 aromatic rings. The van der Waals surface area contributed by atoms with Crippen molar-refractivity contribution in [3.05, 3.63) is 0 Å². The van der Waals surface area contributed by atoms with Crippen LogP contribution in [0.3, 0.4) is 0 Å². The second-order valence-corrected chi connectivity index (χ2v) is 6.40. The number of rotatable bonds is 4. The average molecular weight is 269 g/mol. The third kappa shape index (κ3) is 5.59. The predicted molar refractivity (Wildman–Crippen MR) is 75.7 cm³/mol. The lowest BCUT2D eigenvalue weighted by atomic mass is 9.94. The van der Waals surface area contributed by atoms with E-state index in [2.05, 4.69) is 22.9 Å². The van der Waals surface area contributed by atoms with Gasteiger partial charge in [0, 0.05) is 31.0 Å². The van der Waals surface area contributed by atoms with Crippen LogP contribution in [0.15, 0.2) is 0 Å². The molecule has 2 unspecified atom stereocenters. The summed E-state index contributed by atoms with van der Waals surface area (Å²) in [5.41, 5.74) is -0.404. The molecule has 1 aliphatic heterocycles. The van der Waals surface area contributed by atoms with Crippen LogP contribution in [-0.2, 0) is 9.59 Å². The van der Waals surface area contributed by atoms with Crippen molar-refractivity contribution in [1.29, 1.82) is 0 Å². The molecule has 0 radical (unpaired) electrons. The Balaban J connectivity index is 2.23. The smallest absolute Gasteiger partial charge is 0.225 e. The topological polar surface area (TPSA) is 70.2 Å². The standard InChI is InChI=1S/C14H27N3O2/c1-10-5-7-15-9-11(10)17-12(18)6-8-16-13(19)14(2,3)4/h10-11,15H,5-9H2,1-4H3,(H,16,19)(H,17,18). The van der Waals surface area contributed by atoms with Gasteiger partial charge in [-0.3, -0.25) is 9.59 Å². The molecular formula is C14H27N3O2. The fraction of sp³-hybridized carbons (Fsp3) is 0.857. The zero-order valence-corrected chi connectivity index (χ0v) is 12.5. The SMILES string of the molecule is CC1CCNCC1NC(=O)CCNC(=O)C(C)(C)C. The van der Waals surface area contributed by atoms with Crippen molar-refractivity contribution in [2.45, 2.75) is 46.6 Å². The van der Waals surface area contributed by atoms with E-state index in [4.69, 9.17) is 0 Å². The first-order valence-corrected chi connectivity index (χ1v) is 7.09. The van der Waals surface area contributed by atoms with E-state index in [1.807, 2.05) is 20.8 Å². The number of carbonyl (C=O) groups is 2. The summed E-state index contributed by atoms with van der Waals surface area (Å²) >= 11 is 0. The third-order valence-electron chi connectivity index (χ3n) is 3.49. The molecule has 1 fully saturated rings. The van der Waals surface area contributed by atoms with E-state index in [1.165, 1.54) is 0 Å². The Morgan fingerprint density at radius 3 is 2.58 bits per heavy atom. The fourth-order valence-electron chi connectivity index (χ4n) is 2.02. The minimum absolute atomic E-state index is 0.00904. The van der Waals surface area contributed by atoms with Gasteiger partial charge in [-0.1, -0.05) is 27.7 Å². The molecule has 1 rings (SSSR count). The van der Waals surface area contributed by atoms with Gasteiger partial charge in [-0.15, -0.1) is 0 Å². The Labute approximate surface area is 115 Å². The molecule has 110 valence electrons. The summed E-state index contributed by atoms with van der Waals surface area (Å²) in [4.78, 5) is 23.4. The van der Waals surface area contributed by atoms with Crippen molar-refractivity contribution in [2.24, 2.45) is 11.3 Å². The lowest BCUT2D eigenvalue weighted by Gasteiger charge is -2.30. The highest BCUT2D eigenvalue weighted by molar-refractivity contribution is 5.82. The normalized spacial score (nSPS) is 23.8. The molecule has 0 aromatic carbocycles. The Hall–Kier alpha value is -1.10. The quantitative estimate of drug-likeness (QED) is 0.702. The summed E-state index contributed by atoms with van der Waals surface area (Å²) < 4.78 is 0. The van der Waals surface area contributed by atoms with Crippen LogP contribution in [-0.4, -0.2) is 37.5 Å². The molecule has 2 amide bonds. The lowest BCUT2D eigenvalue weighted by Crippen LogP contribution is -2.50. The van der Waals surface area contributed by atoms with Crippen LogP contribution in [0, 0.1) is 11.3 Å². The van der Waals surface area contributed by atoms with Crippen LogP contribution in [0.5, 0.6) is 0 Å². The van der Waals surface area contributed by atoms with Gasteiger partial charge in [-0.05, 0) is 18.9 Å². The van der Waals surface area contributed by atoms with Gasteiger partial charge in [0.25, 0.3) is 0 Å². The van der Waals surface area contributed by atoms with E-state index in [-0.39, 0.29) is 17.9 Å². The zero-order chi connectivity index (χ0) is 14.5. The second kappa shape index (κ2) is 6.89. The molecule has 3 N–H and O–H groups in total. The van der Waals surface area contributed by atoms with E-state index in [0.717, 1.165) is 19.5 Å². The molecule has 5 nitrogen and oxygen atoms in total. The largest absolute Gasteiger partial charge is 0.355 e. The summed E-state index contributed by atoms with van der Waals surface area (Å²) in [6.07, 6.45) is 1.43. The highest BCUT2D eigenvalue weighted by Gasteiger charge is 2.23. The summed E-state index contributed by atoms with van der Waals surface area (Å²) in [6, 6.07) is 0.208. The maximum atomic E-state index is 11.8. The van der Waals surface area contributed by atoms with E-state index in [1.54, 1.807) is 0 Å². The van der Waals surface area contributed by atoms with E-state index in [9.17, 15) is 9.59 Å². The van der Waals surface area contributed by atoms with Gasteiger partial charge in [-0.25, -0.2) is 0 Å². The van der Waals surface area contributed by atoms with Crippen molar-refractivity contribution in [1.82, 2.24) is 16.0 Å². The Bertz CT molecular complexity index is 323. The van der Waals surface area contributed by atoms with Gasteiger partial charge in [0.05, 0.1) is 0 Å². The first-order chi connectivity index (χ1) is 8.80. The van der Waals surface area contributed by atoms with E-state index in [0.29, 0.717) is 18.9 Å². The lowest BCUT2D eigenvalue weighted by molar-refractivity contribution is -0.128. The summed E-state index contributed by atoms with van der Waals surface area (Å²) in [5, 5.41) is 9.10. The van der Waals surface area contributed by atoms with Crippen LogP contribution in [0.1, 0.15) is 40.5 Å². The number of nitrogens with one attached hydrogen (secondary N) is 3. The number of hydrogen-bond acceptors (Lipinski definition) is 3. The fourth-order valence-corrected chi connectivity index (χ4v) is 2.02. The highest BCUT2D eigenvalue weighted by atomic mass is 16.2. The average Bonchev–Trinajstić information content (AvgIpc) is 2.31. The summed E-state index contributed by atoms with van der Waals surface area (Å²) in [5.74, 6) is 0.497. The maximum Gasteiger partial charge on any atom is 0.225 e. The molecule has 0 aliphatic carbocycles. The Morgan fingerprint density at radius 1 is 1.32 bits per heavy atom. The molecule has 0 bridgehead atoms. The molecule has 19 heavy (non-hydrogen) atoms. The van der Waals surface area contributed by atoms with Crippen molar-refractivity contribution in [2.75, 3.05) is 19.6 Å². The molecular weight excluding hydrogens is 242 g/mol. The Kier molecular flexibility index (Phi) is 5.79. The first kappa shape index (κ1) is 16.0. The molecule has 1 aliphatic rings. The molecule has 2 atom stereocenters. The van der Waals surface area contributed by atoms with Gasteiger partial charge in [-0.2, -0.15) is 0 Å². The number of piperidine rings is 1. The summed E-state index contributed by atoms with van der Waals surface area (Å²) in [6.45, 7) is 9.99. The maximum absolute atomic E-state index is 11.8. The Morgan fingerprint density at radius 2 is 2.00 bits per heavy atom. The van der Waals surface area contributed by atoms with Gasteiger partial charge in [0.2, 0.25) is 11.8 Å². The molecule has 1 heterocycles. The predicted octanol–water partition coefficient (Wildman–Crippen LogP) is 0.653. The van der Waals surface area contributed by atoms with Gasteiger partial charge < -0.3 is 16.0 Å². The first-order valence-electron chi connectivity index (χ1n) is 7.09. The molecule has 5 heteroatoms. The van der Waals surface area contributed by atoms with Crippen LogP contribution < -0.4 is 16.0 Å². The van der Waals surface area contributed by atoms with Crippen molar-refractivity contribution >= 4 is 11.8 Å². The van der Waals surface area contributed by atoms with Crippen LogP contribution in [0.4, 0.5) is 0 Å². The molecule has 0 saturated carbocycles. The van der Waals surface area contributed by atoms with Crippen LogP contribution >= 0.6 is 0 Å². The van der Waals surface area contributed by atoms with Crippen molar-refractivity contribution in [3.8, 4) is 0 Å². The van der Waals surface area contributed by atoms with E-state index < -0.39 is 5.41 Å². The van der Waals surface area contributed by atoms with Crippen LogP contribution in [0.25, 0.3) is 0 Å². The number of hydrogen-bond donors (Lipinski definition) is 3.